The van der Waals surface area contributed by atoms with Gasteiger partial charge in [-0.05, 0) is 67.7 Å². The summed E-state index contributed by atoms with van der Waals surface area (Å²) in [6, 6.07) is 0. The van der Waals surface area contributed by atoms with Crippen LogP contribution in [0.1, 0.15) is 83.1 Å². The third-order valence-electron chi connectivity index (χ3n) is 3.59. The topological polar surface area (TPSA) is 74.3 Å². The van der Waals surface area contributed by atoms with Crippen LogP contribution in [0.25, 0.3) is 0 Å². The molecule has 0 spiro atoms. The molecule has 0 heterocycles. The van der Waals surface area contributed by atoms with Gasteiger partial charge < -0.3 is 13.8 Å². The minimum absolute atomic E-state index is 0.240. The van der Waals surface area contributed by atoms with Gasteiger partial charge in [-0.1, -0.05) is 20.8 Å². The molecule has 2 atom stereocenters. The molecule has 0 saturated carbocycles. The molecule has 0 rings (SSSR count). The Labute approximate surface area is 171 Å². The first-order valence-electron chi connectivity index (χ1n) is 9.96. The lowest BCUT2D eigenvalue weighted by Crippen LogP contribution is -2.55. The van der Waals surface area contributed by atoms with Crippen LogP contribution in [0.15, 0.2) is 0 Å². The summed E-state index contributed by atoms with van der Waals surface area (Å²) in [4.78, 5) is 18.6. The highest BCUT2D eigenvalue weighted by Gasteiger charge is 2.52. The predicted octanol–water partition coefficient (Wildman–Crippen LogP) is 5.39. The summed E-state index contributed by atoms with van der Waals surface area (Å²) in [7, 11) is -3.58. The summed E-state index contributed by atoms with van der Waals surface area (Å²) in [6.07, 6.45) is -0.889. The van der Waals surface area contributed by atoms with E-state index < -0.39 is 42.0 Å². The van der Waals surface area contributed by atoms with Crippen LogP contribution in [-0.2, 0) is 28.0 Å². The number of ether oxygens (including phenoxy) is 1. The quantitative estimate of drug-likeness (QED) is 0.280. The van der Waals surface area contributed by atoms with E-state index in [2.05, 4.69) is 0 Å². The van der Waals surface area contributed by atoms with Crippen LogP contribution in [0.5, 0.6) is 0 Å². The Balaban J connectivity index is 6.10. The largest absolute Gasteiger partial charge is 0.458 e. The SMILES string of the molecule is CCOP(=O)(OCC)[C@@H](N(O[C@@H](C)C(=O)OC(C)(C)C)C(C)(C)C)C(C)(C)C. The van der Waals surface area contributed by atoms with Crippen LogP contribution in [0.2, 0.25) is 0 Å². The summed E-state index contributed by atoms with van der Waals surface area (Å²) in [5.74, 6) is -1.22. The van der Waals surface area contributed by atoms with E-state index >= 15 is 0 Å². The van der Waals surface area contributed by atoms with E-state index in [1.807, 2.05) is 41.5 Å². The summed E-state index contributed by atoms with van der Waals surface area (Å²) >= 11 is 0. The first-order valence-corrected chi connectivity index (χ1v) is 11.6. The van der Waals surface area contributed by atoms with Crippen LogP contribution in [0.4, 0.5) is 0 Å². The summed E-state index contributed by atoms with van der Waals surface area (Å²) < 4.78 is 30.5. The molecule has 0 aromatic carbocycles. The van der Waals surface area contributed by atoms with E-state index in [0.29, 0.717) is 0 Å². The van der Waals surface area contributed by atoms with Crippen molar-refractivity contribution in [2.24, 2.45) is 5.41 Å². The molecular formula is C20H42NO6P. The van der Waals surface area contributed by atoms with Crippen LogP contribution in [0.3, 0.4) is 0 Å². The van der Waals surface area contributed by atoms with Gasteiger partial charge in [-0.15, -0.1) is 0 Å². The van der Waals surface area contributed by atoms with Gasteiger partial charge in [0.1, 0.15) is 11.4 Å². The molecule has 0 N–H and O–H groups in total. The Morgan fingerprint density at radius 3 is 1.64 bits per heavy atom. The highest BCUT2D eigenvalue weighted by molar-refractivity contribution is 7.54. The molecule has 0 bridgehead atoms. The minimum atomic E-state index is -3.58. The van der Waals surface area contributed by atoms with Crippen LogP contribution in [-0.4, -0.2) is 47.3 Å². The second kappa shape index (κ2) is 10.0. The lowest BCUT2D eigenvalue weighted by Gasteiger charge is -2.48. The second-order valence-corrected chi connectivity index (χ2v) is 12.0. The number of hydrogen-bond acceptors (Lipinski definition) is 7. The molecule has 0 saturated heterocycles. The lowest BCUT2D eigenvalue weighted by atomic mass is 9.94. The third kappa shape index (κ3) is 8.50. The normalized spacial score (nSPS) is 16.2. The molecule has 0 fully saturated rings. The molecule has 0 unspecified atom stereocenters. The van der Waals surface area contributed by atoms with Crippen molar-refractivity contribution in [3.8, 4) is 0 Å². The van der Waals surface area contributed by atoms with E-state index in [1.54, 1.807) is 46.6 Å². The van der Waals surface area contributed by atoms with Crippen molar-refractivity contribution in [3.63, 3.8) is 0 Å². The van der Waals surface area contributed by atoms with Crippen molar-refractivity contribution in [3.05, 3.63) is 0 Å². The smallest absolute Gasteiger partial charge is 0.350 e. The van der Waals surface area contributed by atoms with Crippen molar-refractivity contribution in [2.45, 2.75) is 106 Å². The van der Waals surface area contributed by atoms with Gasteiger partial charge in [-0.2, -0.15) is 5.06 Å². The second-order valence-electron chi connectivity index (χ2n) is 9.89. The molecule has 28 heavy (non-hydrogen) atoms. The zero-order valence-corrected chi connectivity index (χ0v) is 20.8. The molecule has 0 aliphatic heterocycles. The lowest BCUT2D eigenvalue weighted by molar-refractivity contribution is -0.265. The standard InChI is InChI=1S/C20H42NO6P/c1-13-24-28(23,25-14-2)17(18(4,5)6)21(19(7,8)9)27-15(3)16(22)26-20(10,11)12/h15,17H,13-14H2,1-12H3/t15-,17+/m0/s1. The van der Waals surface area contributed by atoms with Crippen molar-refractivity contribution in [1.82, 2.24) is 5.06 Å². The molecule has 0 aliphatic carbocycles. The zero-order chi connectivity index (χ0) is 22.6. The first-order chi connectivity index (χ1) is 12.4. The van der Waals surface area contributed by atoms with Crippen LogP contribution in [0, 0.1) is 5.41 Å². The maximum Gasteiger partial charge on any atom is 0.350 e. The Bertz CT molecular complexity index is 534. The van der Waals surface area contributed by atoms with Gasteiger partial charge in [0, 0.05) is 5.54 Å². The Hall–Kier alpha value is -0.460. The van der Waals surface area contributed by atoms with Gasteiger partial charge in [-0.25, -0.2) is 4.79 Å². The van der Waals surface area contributed by atoms with Gasteiger partial charge in [0.25, 0.3) is 0 Å². The summed E-state index contributed by atoms with van der Waals surface area (Å²) in [6.45, 7) is 22.7. The van der Waals surface area contributed by atoms with Crippen molar-refractivity contribution in [1.29, 1.82) is 0 Å². The van der Waals surface area contributed by atoms with Gasteiger partial charge in [-0.3, -0.25) is 9.40 Å². The van der Waals surface area contributed by atoms with Gasteiger partial charge in [0.2, 0.25) is 0 Å². The van der Waals surface area contributed by atoms with Gasteiger partial charge in [0.15, 0.2) is 6.10 Å². The van der Waals surface area contributed by atoms with E-state index in [9.17, 15) is 9.36 Å². The number of hydroxylamine groups is 2. The minimum Gasteiger partial charge on any atom is -0.458 e. The highest BCUT2D eigenvalue weighted by Crippen LogP contribution is 2.60. The number of hydrogen-bond donors (Lipinski definition) is 0. The fraction of sp³-hybridized carbons (Fsp3) is 0.950. The number of carbonyl (C=O) groups excluding carboxylic acids is 1. The average Bonchev–Trinajstić information content (AvgIpc) is 2.42. The monoisotopic (exact) mass is 423 g/mol. The van der Waals surface area contributed by atoms with Crippen molar-refractivity contribution in [2.75, 3.05) is 13.2 Å². The first kappa shape index (κ1) is 27.5. The fourth-order valence-electron chi connectivity index (χ4n) is 2.67. The Kier molecular flexibility index (Phi) is 9.87. The molecule has 0 amide bonds. The number of nitrogens with zero attached hydrogens (tertiary/aromatic N) is 1. The molecular weight excluding hydrogens is 381 g/mol. The molecule has 0 radical (unpaired) electrons. The van der Waals surface area contributed by atoms with E-state index in [-0.39, 0.29) is 13.2 Å². The van der Waals surface area contributed by atoms with E-state index in [1.165, 1.54) is 0 Å². The molecule has 168 valence electrons. The zero-order valence-electron chi connectivity index (χ0n) is 19.9. The number of carbonyl (C=O) groups is 1. The average molecular weight is 424 g/mol. The van der Waals surface area contributed by atoms with Crippen molar-refractivity contribution >= 4 is 13.6 Å². The fourth-order valence-corrected chi connectivity index (χ4v) is 5.36. The highest BCUT2D eigenvalue weighted by atomic mass is 31.2. The summed E-state index contributed by atoms with van der Waals surface area (Å²) in [5.41, 5.74) is -1.74. The van der Waals surface area contributed by atoms with Crippen LogP contribution < -0.4 is 0 Å². The van der Waals surface area contributed by atoms with Crippen LogP contribution >= 0.6 is 7.60 Å². The van der Waals surface area contributed by atoms with Gasteiger partial charge >= 0.3 is 13.6 Å². The van der Waals surface area contributed by atoms with Gasteiger partial charge in [0.05, 0.1) is 13.2 Å². The van der Waals surface area contributed by atoms with Crippen molar-refractivity contribution < 1.29 is 28.0 Å². The molecule has 7 nitrogen and oxygen atoms in total. The van der Waals surface area contributed by atoms with E-state index in [4.69, 9.17) is 18.6 Å². The Morgan fingerprint density at radius 1 is 0.929 bits per heavy atom. The van der Waals surface area contributed by atoms with E-state index in [0.717, 1.165) is 0 Å². The molecule has 0 aromatic rings. The molecule has 8 heteroatoms. The maximum atomic E-state index is 13.7. The number of esters is 1. The predicted molar refractivity (Wildman–Crippen MR) is 112 cm³/mol. The Morgan fingerprint density at radius 2 is 1.36 bits per heavy atom. The molecule has 0 aliphatic rings. The number of rotatable bonds is 9. The third-order valence-corrected chi connectivity index (χ3v) is 6.41. The molecule has 0 aromatic heterocycles. The maximum absolute atomic E-state index is 13.7. The summed E-state index contributed by atoms with van der Waals surface area (Å²) in [5, 5.41) is 1.59.